The van der Waals surface area contributed by atoms with Crippen molar-refractivity contribution in [2.45, 2.75) is 45.3 Å². The number of nitrogens with one attached hydrogen (secondary N) is 1. The molecule has 4 aromatic rings. The SMILES string of the molecule is CCn1c2ccc(C)cc2c2cc(CNCc3ccc(S(=O)(=O)CC)cc3)ccc21. The predicted molar refractivity (Wildman–Crippen MR) is 125 cm³/mol. The molecule has 1 aromatic heterocycles. The van der Waals surface area contributed by atoms with E-state index in [0.717, 1.165) is 18.7 Å². The summed E-state index contributed by atoms with van der Waals surface area (Å²) in [4.78, 5) is 0.391. The highest BCUT2D eigenvalue weighted by Crippen LogP contribution is 2.30. The summed E-state index contributed by atoms with van der Waals surface area (Å²) in [5.41, 5.74) is 6.14. The van der Waals surface area contributed by atoms with Crippen molar-refractivity contribution in [1.82, 2.24) is 9.88 Å². The zero-order valence-corrected chi connectivity index (χ0v) is 18.6. The normalized spacial score (nSPS) is 12.1. The summed E-state index contributed by atoms with van der Waals surface area (Å²) in [6.45, 7) is 8.39. The maximum absolute atomic E-state index is 11.9. The van der Waals surface area contributed by atoms with Crippen molar-refractivity contribution in [3.8, 4) is 0 Å². The van der Waals surface area contributed by atoms with Gasteiger partial charge in [0.05, 0.1) is 10.6 Å². The Bertz CT molecular complexity index is 1300. The van der Waals surface area contributed by atoms with E-state index in [0.29, 0.717) is 11.4 Å². The number of sulfone groups is 1. The third-order valence-electron chi connectivity index (χ3n) is 5.72. The molecule has 30 heavy (non-hydrogen) atoms. The summed E-state index contributed by atoms with van der Waals surface area (Å²) < 4.78 is 26.2. The largest absolute Gasteiger partial charge is 0.341 e. The molecule has 0 saturated carbocycles. The molecular weight excluding hydrogens is 392 g/mol. The second-order valence-corrected chi connectivity index (χ2v) is 10.0. The van der Waals surface area contributed by atoms with Gasteiger partial charge in [-0.05, 0) is 61.4 Å². The average Bonchev–Trinajstić information content (AvgIpc) is 3.06. The van der Waals surface area contributed by atoms with Gasteiger partial charge in [0.1, 0.15) is 0 Å². The number of hydrogen-bond donors (Lipinski definition) is 1. The van der Waals surface area contributed by atoms with Gasteiger partial charge in [-0.1, -0.05) is 36.8 Å². The molecule has 0 fully saturated rings. The molecule has 1 N–H and O–H groups in total. The van der Waals surface area contributed by atoms with Crippen LogP contribution in [0.2, 0.25) is 0 Å². The molecule has 0 aliphatic carbocycles. The van der Waals surface area contributed by atoms with Crippen LogP contribution in [-0.4, -0.2) is 18.7 Å². The second kappa shape index (κ2) is 8.25. The molecular formula is C25H28N2O2S. The maximum atomic E-state index is 11.9. The van der Waals surface area contributed by atoms with Crippen LogP contribution in [0, 0.1) is 6.92 Å². The molecule has 0 aliphatic heterocycles. The molecule has 0 spiro atoms. The summed E-state index contributed by atoms with van der Waals surface area (Å²) in [6, 6.07) is 20.5. The molecule has 0 aliphatic rings. The number of aromatic nitrogens is 1. The summed E-state index contributed by atoms with van der Waals surface area (Å²) in [7, 11) is -3.14. The van der Waals surface area contributed by atoms with Crippen LogP contribution in [-0.2, 0) is 29.5 Å². The Kier molecular flexibility index (Phi) is 5.67. The molecule has 0 saturated heterocycles. The molecule has 1 heterocycles. The van der Waals surface area contributed by atoms with Crippen LogP contribution in [0.15, 0.2) is 65.6 Å². The summed E-state index contributed by atoms with van der Waals surface area (Å²) in [5, 5.41) is 6.08. The first-order valence-electron chi connectivity index (χ1n) is 10.5. The van der Waals surface area contributed by atoms with Crippen molar-refractivity contribution in [2.75, 3.05) is 5.75 Å². The lowest BCUT2D eigenvalue weighted by atomic mass is 10.1. The molecule has 0 atom stereocenters. The standard InChI is InChI=1S/C25H28N2O2S/c1-4-27-24-12-6-18(3)14-22(24)23-15-20(9-13-25(23)27)17-26-16-19-7-10-21(11-8-19)30(28,29)5-2/h6-15,26H,4-5,16-17H2,1-3H3. The van der Waals surface area contributed by atoms with E-state index in [1.165, 1.54) is 32.9 Å². The molecule has 0 radical (unpaired) electrons. The van der Waals surface area contributed by atoms with Gasteiger partial charge in [-0.2, -0.15) is 0 Å². The predicted octanol–water partition coefficient (Wildman–Crippen LogP) is 5.21. The quantitative estimate of drug-likeness (QED) is 0.447. The Hall–Kier alpha value is -2.63. The minimum absolute atomic E-state index is 0.126. The van der Waals surface area contributed by atoms with Crippen LogP contribution in [0.1, 0.15) is 30.5 Å². The zero-order chi connectivity index (χ0) is 21.3. The fourth-order valence-electron chi connectivity index (χ4n) is 4.05. The van der Waals surface area contributed by atoms with Gasteiger partial charge in [0, 0.05) is 41.4 Å². The van der Waals surface area contributed by atoms with E-state index in [1.807, 2.05) is 12.1 Å². The van der Waals surface area contributed by atoms with Crippen molar-refractivity contribution >= 4 is 31.6 Å². The highest BCUT2D eigenvalue weighted by atomic mass is 32.2. The molecule has 0 unspecified atom stereocenters. The van der Waals surface area contributed by atoms with Crippen molar-refractivity contribution < 1.29 is 8.42 Å². The first-order chi connectivity index (χ1) is 14.4. The van der Waals surface area contributed by atoms with Gasteiger partial charge in [-0.25, -0.2) is 8.42 Å². The van der Waals surface area contributed by atoms with Gasteiger partial charge in [-0.3, -0.25) is 0 Å². The van der Waals surface area contributed by atoms with E-state index in [2.05, 4.69) is 60.1 Å². The van der Waals surface area contributed by atoms with E-state index in [-0.39, 0.29) is 5.75 Å². The van der Waals surface area contributed by atoms with Crippen molar-refractivity contribution in [1.29, 1.82) is 0 Å². The van der Waals surface area contributed by atoms with E-state index in [9.17, 15) is 8.42 Å². The van der Waals surface area contributed by atoms with E-state index in [4.69, 9.17) is 0 Å². The van der Waals surface area contributed by atoms with Crippen LogP contribution in [0.3, 0.4) is 0 Å². The van der Waals surface area contributed by atoms with E-state index in [1.54, 1.807) is 19.1 Å². The van der Waals surface area contributed by atoms with Crippen LogP contribution in [0.25, 0.3) is 21.8 Å². The molecule has 156 valence electrons. The first-order valence-corrected chi connectivity index (χ1v) is 12.1. The van der Waals surface area contributed by atoms with Crippen LogP contribution >= 0.6 is 0 Å². The lowest BCUT2D eigenvalue weighted by Gasteiger charge is -2.08. The Morgan fingerprint density at radius 3 is 2.07 bits per heavy atom. The number of hydrogen-bond acceptors (Lipinski definition) is 3. The summed E-state index contributed by atoms with van der Waals surface area (Å²) in [6.07, 6.45) is 0. The third kappa shape index (κ3) is 3.87. The lowest BCUT2D eigenvalue weighted by molar-refractivity contribution is 0.597. The van der Waals surface area contributed by atoms with Crippen molar-refractivity contribution in [2.24, 2.45) is 0 Å². The Morgan fingerprint density at radius 2 is 1.40 bits per heavy atom. The molecule has 4 nitrogen and oxygen atoms in total. The lowest BCUT2D eigenvalue weighted by Crippen LogP contribution is -2.13. The Labute approximate surface area is 178 Å². The maximum Gasteiger partial charge on any atom is 0.178 e. The number of fused-ring (bicyclic) bond motifs is 3. The average molecular weight is 421 g/mol. The van der Waals surface area contributed by atoms with E-state index < -0.39 is 9.84 Å². The molecule has 4 rings (SSSR count). The second-order valence-electron chi connectivity index (χ2n) is 7.77. The zero-order valence-electron chi connectivity index (χ0n) is 17.8. The molecule has 5 heteroatoms. The van der Waals surface area contributed by atoms with Gasteiger partial charge in [0.25, 0.3) is 0 Å². The smallest absolute Gasteiger partial charge is 0.178 e. The number of rotatable bonds is 7. The van der Waals surface area contributed by atoms with Crippen LogP contribution < -0.4 is 5.32 Å². The number of benzene rings is 3. The van der Waals surface area contributed by atoms with Crippen molar-refractivity contribution in [3.63, 3.8) is 0 Å². The Morgan fingerprint density at radius 1 is 0.800 bits per heavy atom. The van der Waals surface area contributed by atoms with Gasteiger partial charge in [0.15, 0.2) is 9.84 Å². The fourth-order valence-corrected chi connectivity index (χ4v) is 4.93. The summed E-state index contributed by atoms with van der Waals surface area (Å²) in [5.74, 6) is 0.126. The minimum Gasteiger partial charge on any atom is -0.341 e. The number of aryl methyl sites for hydroxylation is 2. The van der Waals surface area contributed by atoms with Gasteiger partial charge < -0.3 is 9.88 Å². The highest BCUT2D eigenvalue weighted by molar-refractivity contribution is 7.91. The monoisotopic (exact) mass is 420 g/mol. The van der Waals surface area contributed by atoms with E-state index >= 15 is 0 Å². The highest BCUT2D eigenvalue weighted by Gasteiger charge is 2.12. The number of nitrogens with zero attached hydrogens (tertiary/aromatic N) is 1. The molecule has 3 aromatic carbocycles. The molecule has 0 amide bonds. The Balaban J connectivity index is 1.52. The van der Waals surface area contributed by atoms with Crippen molar-refractivity contribution in [3.05, 3.63) is 77.4 Å². The topological polar surface area (TPSA) is 51.1 Å². The third-order valence-corrected chi connectivity index (χ3v) is 7.47. The fraction of sp³-hybridized carbons (Fsp3) is 0.280. The van der Waals surface area contributed by atoms with Crippen LogP contribution in [0.4, 0.5) is 0 Å². The minimum atomic E-state index is -3.14. The van der Waals surface area contributed by atoms with Crippen LogP contribution in [0.5, 0.6) is 0 Å². The summed E-state index contributed by atoms with van der Waals surface area (Å²) >= 11 is 0. The van der Waals surface area contributed by atoms with Gasteiger partial charge in [0.2, 0.25) is 0 Å². The first kappa shape index (κ1) is 20.6. The van der Waals surface area contributed by atoms with Gasteiger partial charge >= 0.3 is 0 Å². The molecule has 0 bridgehead atoms. The van der Waals surface area contributed by atoms with Gasteiger partial charge in [-0.15, -0.1) is 0 Å².